The molecular formula is C23H34N2O4. The van der Waals surface area contributed by atoms with Gasteiger partial charge in [0.1, 0.15) is 5.75 Å². The first kappa shape index (κ1) is 21.6. The monoisotopic (exact) mass is 402 g/mol. The lowest BCUT2D eigenvalue weighted by molar-refractivity contribution is -0.137. The average molecular weight is 403 g/mol. The number of amides is 1. The van der Waals surface area contributed by atoms with E-state index in [1.54, 1.807) is 0 Å². The van der Waals surface area contributed by atoms with E-state index in [1.807, 2.05) is 12.1 Å². The topological polar surface area (TPSA) is 78.9 Å². The van der Waals surface area contributed by atoms with Crippen molar-refractivity contribution in [3.63, 3.8) is 0 Å². The van der Waals surface area contributed by atoms with Gasteiger partial charge in [0, 0.05) is 31.1 Å². The summed E-state index contributed by atoms with van der Waals surface area (Å²) in [4.78, 5) is 25.8. The van der Waals surface area contributed by atoms with Crippen molar-refractivity contribution in [3.8, 4) is 5.75 Å². The van der Waals surface area contributed by atoms with E-state index in [2.05, 4.69) is 16.3 Å². The number of carbonyl (C=O) groups excluding carboxylic acids is 1. The van der Waals surface area contributed by atoms with Crippen LogP contribution < -0.4 is 10.1 Å². The standard InChI is InChI=1S/C23H34N2O4/c26-22-17-25(20-7-3-1-4-8-20)16-19-15-18(10-12-23(27)28)9-11-21(19)29-14-6-2-5-13-24-22/h9,11,15,20H,1-8,10,12-14,16-17H2,(H,24,26)(H,27,28). The van der Waals surface area contributed by atoms with Crippen LogP contribution in [0, 0.1) is 0 Å². The first-order valence-corrected chi connectivity index (χ1v) is 11.1. The molecule has 160 valence electrons. The number of carboxylic acids is 1. The van der Waals surface area contributed by atoms with E-state index in [0.29, 0.717) is 32.2 Å². The summed E-state index contributed by atoms with van der Waals surface area (Å²) in [5, 5.41) is 12.1. The van der Waals surface area contributed by atoms with Gasteiger partial charge in [0.05, 0.1) is 13.2 Å². The van der Waals surface area contributed by atoms with Gasteiger partial charge >= 0.3 is 5.97 Å². The van der Waals surface area contributed by atoms with Crippen LogP contribution in [-0.2, 0) is 22.6 Å². The summed E-state index contributed by atoms with van der Waals surface area (Å²) in [5.74, 6) is 0.176. The van der Waals surface area contributed by atoms with Crippen LogP contribution in [0.5, 0.6) is 5.75 Å². The number of carbonyl (C=O) groups is 2. The van der Waals surface area contributed by atoms with E-state index in [0.717, 1.165) is 55.5 Å². The number of aliphatic carboxylic acids is 1. The second kappa shape index (κ2) is 11.2. The zero-order valence-corrected chi connectivity index (χ0v) is 17.3. The van der Waals surface area contributed by atoms with Gasteiger partial charge in [-0.1, -0.05) is 31.4 Å². The number of rotatable bonds is 4. The maximum Gasteiger partial charge on any atom is 0.303 e. The van der Waals surface area contributed by atoms with Gasteiger partial charge in [-0.25, -0.2) is 0 Å². The molecule has 0 unspecified atom stereocenters. The number of nitrogens with one attached hydrogen (secondary N) is 1. The molecule has 0 radical (unpaired) electrons. The maximum atomic E-state index is 12.5. The van der Waals surface area contributed by atoms with Crippen LogP contribution in [-0.4, -0.2) is 47.6 Å². The molecule has 0 saturated heterocycles. The summed E-state index contributed by atoms with van der Waals surface area (Å²) in [7, 11) is 0. The molecule has 1 fully saturated rings. The Bertz CT molecular complexity index is 685. The summed E-state index contributed by atoms with van der Waals surface area (Å²) < 4.78 is 6.10. The molecule has 29 heavy (non-hydrogen) atoms. The van der Waals surface area contributed by atoms with E-state index >= 15 is 0 Å². The number of benzene rings is 1. The summed E-state index contributed by atoms with van der Waals surface area (Å²) in [5.41, 5.74) is 2.07. The SMILES string of the molecule is O=C(O)CCc1ccc2c(c1)CN(C1CCCCC1)CC(=O)NCCCCCO2. The molecule has 1 saturated carbocycles. The first-order chi connectivity index (χ1) is 14.1. The number of ether oxygens (including phenoxy) is 1. The van der Waals surface area contributed by atoms with E-state index in [4.69, 9.17) is 9.84 Å². The van der Waals surface area contributed by atoms with Crippen molar-refractivity contribution in [2.45, 2.75) is 76.8 Å². The Morgan fingerprint density at radius 2 is 1.90 bits per heavy atom. The molecule has 0 atom stereocenters. The van der Waals surface area contributed by atoms with Crippen LogP contribution in [0.2, 0.25) is 0 Å². The minimum Gasteiger partial charge on any atom is -0.493 e. The summed E-state index contributed by atoms with van der Waals surface area (Å²) in [6.07, 6.45) is 9.54. The molecule has 6 nitrogen and oxygen atoms in total. The Kier molecular flexibility index (Phi) is 8.35. The smallest absolute Gasteiger partial charge is 0.303 e. The highest BCUT2D eigenvalue weighted by molar-refractivity contribution is 5.78. The quantitative estimate of drug-likeness (QED) is 0.806. The summed E-state index contributed by atoms with van der Waals surface area (Å²) >= 11 is 0. The molecule has 6 heteroatoms. The average Bonchev–Trinajstić information content (AvgIpc) is 2.73. The minimum atomic E-state index is -0.786. The molecule has 1 heterocycles. The van der Waals surface area contributed by atoms with Crippen LogP contribution in [0.15, 0.2) is 18.2 Å². The van der Waals surface area contributed by atoms with Crippen molar-refractivity contribution in [1.29, 1.82) is 0 Å². The number of hydrogen-bond donors (Lipinski definition) is 2. The molecule has 1 amide bonds. The molecule has 3 rings (SSSR count). The second-order valence-electron chi connectivity index (χ2n) is 8.29. The Labute approximate surface area is 173 Å². The van der Waals surface area contributed by atoms with Crippen molar-refractivity contribution in [2.24, 2.45) is 0 Å². The van der Waals surface area contributed by atoms with Crippen molar-refractivity contribution in [2.75, 3.05) is 19.7 Å². The normalized spacial score (nSPS) is 20.3. The van der Waals surface area contributed by atoms with E-state index in [1.165, 1.54) is 19.3 Å². The van der Waals surface area contributed by atoms with E-state index in [-0.39, 0.29) is 12.3 Å². The fraction of sp³-hybridized carbons (Fsp3) is 0.652. The number of hydrogen-bond acceptors (Lipinski definition) is 4. The van der Waals surface area contributed by atoms with Gasteiger partial charge in [0.15, 0.2) is 0 Å². The van der Waals surface area contributed by atoms with Crippen molar-refractivity contribution >= 4 is 11.9 Å². The van der Waals surface area contributed by atoms with Crippen LogP contribution >= 0.6 is 0 Å². The first-order valence-electron chi connectivity index (χ1n) is 11.1. The highest BCUT2D eigenvalue weighted by atomic mass is 16.5. The molecule has 0 bridgehead atoms. The predicted octanol–water partition coefficient (Wildman–Crippen LogP) is 3.52. The van der Waals surface area contributed by atoms with Gasteiger partial charge in [-0.2, -0.15) is 0 Å². The Morgan fingerprint density at radius 1 is 1.10 bits per heavy atom. The fourth-order valence-corrected chi connectivity index (χ4v) is 4.34. The Morgan fingerprint density at radius 3 is 2.69 bits per heavy atom. The van der Waals surface area contributed by atoms with Crippen LogP contribution in [0.1, 0.15) is 68.9 Å². The third-order valence-electron chi connectivity index (χ3n) is 5.96. The zero-order valence-electron chi connectivity index (χ0n) is 17.3. The van der Waals surface area contributed by atoms with E-state index < -0.39 is 5.97 Å². The third-order valence-corrected chi connectivity index (χ3v) is 5.96. The van der Waals surface area contributed by atoms with Gasteiger partial charge < -0.3 is 15.2 Å². The largest absolute Gasteiger partial charge is 0.493 e. The van der Waals surface area contributed by atoms with Gasteiger partial charge in [0.2, 0.25) is 5.91 Å². The molecule has 1 aromatic rings. The van der Waals surface area contributed by atoms with Crippen LogP contribution in [0.3, 0.4) is 0 Å². The highest BCUT2D eigenvalue weighted by Crippen LogP contribution is 2.28. The molecule has 1 aliphatic carbocycles. The fourth-order valence-electron chi connectivity index (χ4n) is 4.34. The Hall–Kier alpha value is -2.08. The van der Waals surface area contributed by atoms with E-state index in [9.17, 15) is 9.59 Å². The lowest BCUT2D eigenvalue weighted by Crippen LogP contribution is -2.43. The number of nitrogens with zero attached hydrogens (tertiary/aromatic N) is 1. The van der Waals surface area contributed by atoms with Gasteiger partial charge in [-0.3, -0.25) is 14.5 Å². The number of carboxylic acid groups (broad SMARTS) is 1. The lowest BCUT2D eigenvalue weighted by atomic mass is 9.93. The molecule has 0 spiro atoms. The molecule has 1 aromatic carbocycles. The summed E-state index contributed by atoms with van der Waals surface area (Å²) in [6.45, 7) is 2.46. The molecule has 1 aliphatic heterocycles. The van der Waals surface area contributed by atoms with Crippen LogP contribution in [0.4, 0.5) is 0 Å². The van der Waals surface area contributed by atoms with Crippen LogP contribution in [0.25, 0.3) is 0 Å². The zero-order chi connectivity index (χ0) is 20.5. The van der Waals surface area contributed by atoms with Gasteiger partial charge in [0.25, 0.3) is 0 Å². The summed E-state index contributed by atoms with van der Waals surface area (Å²) in [6, 6.07) is 6.43. The second-order valence-corrected chi connectivity index (χ2v) is 8.29. The molecular weight excluding hydrogens is 368 g/mol. The lowest BCUT2D eigenvalue weighted by Gasteiger charge is -2.34. The highest BCUT2D eigenvalue weighted by Gasteiger charge is 2.24. The minimum absolute atomic E-state index is 0.0966. The predicted molar refractivity (Wildman–Crippen MR) is 112 cm³/mol. The van der Waals surface area contributed by atoms with Gasteiger partial charge in [-0.15, -0.1) is 0 Å². The number of aryl methyl sites for hydroxylation is 1. The molecule has 2 aliphatic rings. The number of fused-ring (bicyclic) bond motifs is 1. The van der Waals surface area contributed by atoms with Crippen molar-refractivity contribution in [1.82, 2.24) is 10.2 Å². The third kappa shape index (κ3) is 7.03. The Balaban J connectivity index is 1.83. The molecule has 2 N–H and O–H groups in total. The maximum absolute atomic E-state index is 12.5. The van der Waals surface area contributed by atoms with Crippen molar-refractivity contribution in [3.05, 3.63) is 29.3 Å². The molecule has 0 aromatic heterocycles. The van der Waals surface area contributed by atoms with Gasteiger partial charge in [-0.05, 0) is 50.2 Å². The van der Waals surface area contributed by atoms with Crippen molar-refractivity contribution < 1.29 is 19.4 Å².